The van der Waals surface area contributed by atoms with E-state index in [9.17, 15) is 4.79 Å². The van der Waals surface area contributed by atoms with E-state index in [-0.39, 0.29) is 11.9 Å². The van der Waals surface area contributed by atoms with E-state index in [0.717, 1.165) is 26.2 Å². The maximum Gasteiger partial charge on any atom is 0.234 e. The number of nitrogens with one attached hydrogen (secondary N) is 1. The van der Waals surface area contributed by atoms with Crippen molar-refractivity contribution in [2.24, 2.45) is 5.73 Å². The summed E-state index contributed by atoms with van der Waals surface area (Å²) in [4.78, 5) is 16.2. The number of nitrogens with two attached hydrogens (primary N) is 1. The zero-order valence-electron chi connectivity index (χ0n) is 11.3. The Bertz CT molecular complexity index is 237. The van der Waals surface area contributed by atoms with Crippen LogP contribution >= 0.6 is 0 Å². The van der Waals surface area contributed by atoms with E-state index in [2.05, 4.69) is 22.0 Å². The van der Waals surface area contributed by atoms with Crippen molar-refractivity contribution in [1.29, 1.82) is 0 Å². The number of carbonyl (C=O) groups excluding carboxylic acids is 1. The first-order valence-corrected chi connectivity index (χ1v) is 6.48. The van der Waals surface area contributed by atoms with Crippen LogP contribution in [0, 0.1) is 0 Å². The number of hydrogen-bond acceptors (Lipinski definition) is 4. The van der Waals surface area contributed by atoms with Gasteiger partial charge in [-0.2, -0.15) is 0 Å². The van der Waals surface area contributed by atoms with Crippen LogP contribution in [0.2, 0.25) is 0 Å². The van der Waals surface area contributed by atoms with Crippen molar-refractivity contribution in [2.75, 3.05) is 39.3 Å². The van der Waals surface area contributed by atoms with Gasteiger partial charge in [0.05, 0.1) is 6.54 Å². The van der Waals surface area contributed by atoms with Crippen LogP contribution in [0.5, 0.6) is 0 Å². The Kier molecular flexibility index (Phi) is 5.88. The first kappa shape index (κ1) is 14.4. The van der Waals surface area contributed by atoms with E-state index in [0.29, 0.717) is 19.1 Å². The monoisotopic (exact) mass is 242 g/mol. The van der Waals surface area contributed by atoms with Gasteiger partial charge in [0.15, 0.2) is 0 Å². The predicted molar refractivity (Wildman–Crippen MR) is 69.8 cm³/mol. The average molecular weight is 242 g/mol. The molecule has 0 spiro atoms. The average Bonchev–Trinajstić information content (AvgIpc) is 2.28. The summed E-state index contributed by atoms with van der Waals surface area (Å²) in [6.45, 7) is 11.3. The zero-order chi connectivity index (χ0) is 12.8. The first-order valence-electron chi connectivity index (χ1n) is 6.48. The van der Waals surface area contributed by atoms with Gasteiger partial charge < -0.3 is 11.1 Å². The molecule has 5 nitrogen and oxygen atoms in total. The molecule has 0 bridgehead atoms. The number of piperazine rings is 1. The van der Waals surface area contributed by atoms with Gasteiger partial charge in [-0.3, -0.25) is 14.6 Å². The van der Waals surface area contributed by atoms with Crippen molar-refractivity contribution >= 4 is 5.91 Å². The van der Waals surface area contributed by atoms with E-state index in [1.54, 1.807) is 0 Å². The molecule has 17 heavy (non-hydrogen) atoms. The van der Waals surface area contributed by atoms with Gasteiger partial charge in [0.25, 0.3) is 0 Å². The van der Waals surface area contributed by atoms with Crippen LogP contribution in [0.3, 0.4) is 0 Å². The van der Waals surface area contributed by atoms with Crippen LogP contribution in [-0.4, -0.2) is 67.1 Å². The van der Waals surface area contributed by atoms with E-state index in [1.807, 2.05) is 13.8 Å². The second kappa shape index (κ2) is 6.93. The number of nitrogens with zero attached hydrogens (tertiary/aromatic N) is 2. The molecular weight excluding hydrogens is 216 g/mol. The summed E-state index contributed by atoms with van der Waals surface area (Å²) in [5.41, 5.74) is 5.65. The second-order valence-electron chi connectivity index (χ2n) is 5.12. The zero-order valence-corrected chi connectivity index (χ0v) is 11.3. The third-order valence-electron chi connectivity index (χ3n) is 3.19. The predicted octanol–water partition coefficient (Wildman–Crippen LogP) is -0.524. The quantitative estimate of drug-likeness (QED) is 0.681. The summed E-state index contributed by atoms with van der Waals surface area (Å²) >= 11 is 0. The van der Waals surface area contributed by atoms with Gasteiger partial charge >= 0.3 is 0 Å². The fraction of sp³-hybridized carbons (Fsp3) is 0.917. The van der Waals surface area contributed by atoms with Crippen molar-refractivity contribution in [3.63, 3.8) is 0 Å². The maximum atomic E-state index is 11.6. The summed E-state index contributed by atoms with van der Waals surface area (Å²) in [6, 6.07) is 0.669. The maximum absolute atomic E-state index is 11.6. The van der Waals surface area contributed by atoms with Gasteiger partial charge in [-0.05, 0) is 20.8 Å². The van der Waals surface area contributed by atoms with Crippen molar-refractivity contribution in [1.82, 2.24) is 15.1 Å². The number of carbonyl (C=O) groups is 1. The summed E-state index contributed by atoms with van der Waals surface area (Å²) in [5, 5.41) is 2.92. The molecule has 0 aliphatic carbocycles. The highest BCUT2D eigenvalue weighted by molar-refractivity contribution is 5.78. The fourth-order valence-electron chi connectivity index (χ4n) is 2.08. The van der Waals surface area contributed by atoms with Gasteiger partial charge in [0.1, 0.15) is 0 Å². The lowest BCUT2D eigenvalue weighted by atomic mass is 10.2. The standard InChI is InChI=1S/C12H26N4O/c1-10(2)14-12(17)9-15-4-6-16(7-5-15)11(3)8-13/h10-11H,4-9,13H2,1-3H3,(H,14,17). The van der Waals surface area contributed by atoms with Crippen molar-refractivity contribution < 1.29 is 4.79 Å². The molecule has 1 aliphatic heterocycles. The molecule has 1 saturated heterocycles. The van der Waals surface area contributed by atoms with Gasteiger partial charge in [-0.1, -0.05) is 0 Å². The van der Waals surface area contributed by atoms with E-state index in [4.69, 9.17) is 5.73 Å². The van der Waals surface area contributed by atoms with Crippen LogP contribution in [0.1, 0.15) is 20.8 Å². The van der Waals surface area contributed by atoms with E-state index in [1.165, 1.54) is 0 Å². The number of amides is 1. The lowest BCUT2D eigenvalue weighted by Gasteiger charge is -2.37. The molecule has 5 heteroatoms. The SMILES string of the molecule is CC(C)NC(=O)CN1CCN(C(C)CN)CC1. The molecule has 0 aromatic carbocycles. The minimum atomic E-state index is 0.125. The summed E-state index contributed by atoms with van der Waals surface area (Å²) < 4.78 is 0. The molecule has 1 fully saturated rings. The first-order chi connectivity index (χ1) is 8.02. The molecule has 0 saturated carbocycles. The molecule has 0 aromatic heterocycles. The van der Waals surface area contributed by atoms with Crippen molar-refractivity contribution in [3.05, 3.63) is 0 Å². The van der Waals surface area contributed by atoms with Crippen LogP contribution in [0.4, 0.5) is 0 Å². The Labute approximate surface area is 104 Å². The Morgan fingerprint density at radius 1 is 1.24 bits per heavy atom. The molecular formula is C12H26N4O. The third-order valence-corrected chi connectivity index (χ3v) is 3.19. The fourth-order valence-corrected chi connectivity index (χ4v) is 2.08. The molecule has 1 unspecified atom stereocenters. The smallest absolute Gasteiger partial charge is 0.234 e. The number of rotatable bonds is 5. The lowest BCUT2D eigenvalue weighted by Crippen LogP contribution is -2.53. The molecule has 1 aliphatic rings. The van der Waals surface area contributed by atoms with Crippen molar-refractivity contribution in [2.45, 2.75) is 32.9 Å². The molecule has 1 atom stereocenters. The molecule has 0 aromatic rings. The second-order valence-corrected chi connectivity index (χ2v) is 5.12. The Balaban J connectivity index is 2.25. The highest BCUT2D eigenvalue weighted by Gasteiger charge is 2.21. The topological polar surface area (TPSA) is 61.6 Å². The third kappa shape index (κ3) is 5.02. The Morgan fingerprint density at radius 2 is 1.82 bits per heavy atom. The molecule has 3 N–H and O–H groups in total. The van der Waals surface area contributed by atoms with Crippen molar-refractivity contribution in [3.8, 4) is 0 Å². The van der Waals surface area contributed by atoms with Crippen LogP contribution < -0.4 is 11.1 Å². The lowest BCUT2D eigenvalue weighted by molar-refractivity contribution is -0.123. The molecule has 1 amide bonds. The highest BCUT2D eigenvalue weighted by Crippen LogP contribution is 2.05. The minimum Gasteiger partial charge on any atom is -0.353 e. The molecule has 1 heterocycles. The van der Waals surface area contributed by atoms with Crippen LogP contribution in [0.25, 0.3) is 0 Å². The Hall–Kier alpha value is -0.650. The summed E-state index contributed by atoms with van der Waals surface area (Å²) in [5.74, 6) is 0.125. The van der Waals surface area contributed by atoms with Crippen LogP contribution in [0.15, 0.2) is 0 Å². The van der Waals surface area contributed by atoms with Crippen LogP contribution in [-0.2, 0) is 4.79 Å². The molecule has 0 radical (unpaired) electrons. The minimum absolute atomic E-state index is 0.125. The summed E-state index contributed by atoms with van der Waals surface area (Å²) in [7, 11) is 0. The van der Waals surface area contributed by atoms with Gasteiger partial charge in [0, 0.05) is 44.8 Å². The van der Waals surface area contributed by atoms with E-state index < -0.39 is 0 Å². The molecule has 1 rings (SSSR count). The van der Waals surface area contributed by atoms with Gasteiger partial charge in [0.2, 0.25) is 5.91 Å². The Morgan fingerprint density at radius 3 is 2.29 bits per heavy atom. The normalized spacial score (nSPS) is 20.5. The van der Waals surface area contributed by atoms with Gasteiger partial charge in [-0.25, -0.2) is 0 Å². The highest BCUT2D eigenvalue weighted by atomic mass is 16.2. The van der Waals surface area contributed by atoms with E-state index >= 15 is 0 Å². The summed E-state index contributed by atoms with van der Waals surface area (Å²) in [6.07, 6.45) is 0. The van der Waals surface area contributed by atoms with Gasteiger partial charge in [-0.15, -0.1) is 0 Å². The largest absolute Gasteiger partial charge is 0.353 e. The number of hydrogen-bond donors (Lipinski definition) is 2. The molecule has 100 valence electrons.